The molecule has 4 N–H and O–H groups in total. The fourth-order valence-electron chi connectivity index (χ4n) is 7.80. The first-order valence-electron chi connectivity index (χ1n) is 14.5. The first kappa shape index (κ1) is 28.3. The largest absolute Gasteiger partial charge is 0.479 e. The molecule has 220 valence electrons. The Morgan fingerprint density at radius 2 is 1.34 bits per heavy atom. The molecule has 4 aliphatic rings. The minimum atomic E-state index is -1.96. The molecule has 6 rings (SSSR count). The maximum Gasteiger partial charge on any atom is 0.348 e. The van der Waals surface area contributed by atoms with E-state index in [1.54, 1.807) is 60.7 Å². The second-order valence-corrected chi connectivity index (χ2v) is 11.9. The van der Waals surface area contributed by atoms with Crippen molar-refractivity contribution in [2.75, 3.05) is 13.1 Å². The molecule has 2 bridgehead atoms. The lowest BCUT2D eigenvalue weighted by molar-refractivity contribution is -0.956. The third-order valence-electron chi connectivity index (χ3n) is 9.78. The van der Waals surface area contributed by atoms with E-state index in [4.69, 9.17) is 14.2 Å². The van der Waals surface area contributed by atoms with Gasteiger partial charge in [-0.3, -0.25) is 0 Å². The van der Waals surface area contributed by atoms with Crippen molar-refractivity contribution in [3.63, 3.8) is 0 Å². The summed E-state index contributed by atoms with van der Waals surface area (Å²) in [5.41, 5.74) is -1.18. The summed E-state index contributed by atoms with van der Waals surface area (Å²) in [6.45, 7) is 2.37. The van der Waals surface area contributed by atoms with Crippen molar-refractivity contribution in [1.29, 1.82) is 0 Å². The Labute approximate surface area is 238 Å². The summed E-state index contributed by atoms with van der Waals surface area (Å²) in [4.78, 5) is 26.3. The zero-order valence-electron chi connectivity index (χ0n) is 22.8. The Hall–Kier alpha value is -2.86. The van der Waals surface area contributed by atoms with Crippen molar-refractivity contribution in [3.05, 3.63) is 71.8 Å². The van der Waals surface area contributed by atoms with Crippen molar-refractivity contribution in [1.82, 2.24) is 0 Å². The fraction of sp³-hybridized carbons (Fsp3) is 0.548. The van der Waals surface area contributed by atoms with Crippen LogP contribution in [0.3, 0.4) is 0 Å². The summed E-state index contributed by atoms with van der Waals surface area (Å²) < 4.78 is 19.3. The molecule has 4 aliphatic heterocycles. The van der Waals surface area contributed by atoms with Gasteiger partial charge in [0.1, 0.15) is 24.4 Å². The highest BCUT2D eigenvalue weighted by atomic mass is 16.7. The van der Waals surface area contributed by atoms with Crippen LogP contribution in [0.2, 0.25) is 0 Å². The van der Waals surface area contributed by atoms with Crippen LogP contribution in [0.1, 0.15) is 49.7 Å². The second-order valence-electron chi connectivity index (χ2n) is 11.9. The predicted octanol–water partition coefficient (Wildman–Crippen LogP) is 1.69. The summed E-state index contributed by atoms with van der Waals surface area (Å²) in [5, 5.41) is 41.2. The molecule has 10 heteroatoms. The normalized spacial score (nSPS) is 34.4. The number of carboxylic acids is 1. The van der Waals surface area contributed by atoms with Crippen LogP contribution < -0.4 is 0 Å². The summed E-state index contributed by atoms with van der Waals surface area (Å²) >= 11 is 0. The summed E-state index contributed by atoms with van der Waals surface area (Å²) in [5.74, 6) is -2.25. The van der Waals surface area contributed by atoms with Gasteiger partial charge < -0.3 is 39.1 Å². The Morgan fingerprint density at radius 3 is 1.85 bits per heavy atom. The SMILES string of the molecule is O=C(O)[C@H]1OC(OC(C(=O)OC2C[C@H]3CC[C@@H](C2)[N+]32CCCC2)(c2ccccc2)c2ccccc2)[C@H](O)[C@@H](O)[C@@H]1O. The van der Waals surface area contributed by atoms with E-state index >= 15 is 0 Å². The van der Waals surface area contributed by atoms with Crippen LogP contribution in [0.5, 0.6) is 0 Å². The zero-order chi connectivity index (χ0) is 28.8. The number of carbonyl (C=O) groups is 2. The minimum Gasteiger partial charge on any atom is -0.479 e. The maximum absolute atomic E-state index is 14.5. The van der Waals surface area contributed by atoms with E-state index in [2.05, 4.69) is 0 Å². The molecule has 4 heterocycles. The Kier molecular flexibility index (Phi) is 7.65. The van der Waals surface area contributed by atoms with Gasteiger partial charge in [-0.25, -0.2) is 9.59 Å². The smallest absolute Gasteiger partial charge is 0.348 e. The molecule has 0 aliphatic carbocycles. The molecule has 4 fully saturated rings. The van der Waals surface area contributed by atoms with Crippen LogP contribution in [0.15, 0.2) is 60.7 Å². The van der Waals surface area contributed by atoms with Crippen LogP contribution in [0, 0.1) is 0 Å². The van der Waals surface area contributed by atoms with Crippen LogP contribution in [-0.2, 0) is 29.4 Å². The number of aliphatic hydroxyl groups excluding tert-OH is 3. The number of carbonyl (C=O) groups excluding carboxylic acids is 1. The van der Waals surface area contributed by atoms with Crippen molar-refractivity contribution >= 4 is 11.9 Å². The third kappa shape index (κ3) is 4.76. The number of hydrogen-bond acceptors (Lipinski definition) is 8. The third-order valence-corrected chi connectivity index (χ3v) is 9.78. The van der Waals surface area contributed by atoms with Crippen molar-refractivity contribution in [2.24, 2.45) is 0 Å². The molecule has 8 atom stereocenters. The predicted molar refractivity (Wildman–Crippen MR) is 144 cm³/mol. The molecule has 41 heavy (non-hydrogen) atoms. The van der Waals surface area contributed by atoms with Gasteiger partial charge in [-0.05, 0) is 11.1 Å². The molecule has 1 spiro atoms. The van der Waals surface area contributed by atoms with Gasteiger partial charge in [-0.1, -0.05) is 60.7 Å². The number of quaternary nitrogens is 1. The average Bonchev–Trinajstić information content (AvgIpc) is 3.53. The minimum absolute atomic E-state index is 0.323. The number of rotatable bonds is 7. The van der Waals surface area contributed by atoms with Gasteiger partial charge in [0.15, 0.2) is 12.4 Å². The number of carboxylic acid groups (broad SMARTS) is 1. The Morgan fingerprint density at radius 1 is 0.805 bits per heavy atom. The first-order chi connectivity index (χ1) is 19.8. The van der Waals surface area contributed by atoms with Gasteiger partial charge in [0.05, 0.1) is 25.2 Å². The van der Waals surface area contributed by atoms with E-state index < -0.39 is 48.2 Å². The van der Waals surface area contributed by atoms with Crippen LogP contribution in [0.4, 0.5) is 0 Å². The number of piperidine rings is 1. The topological polar surface area (TPSA) is 143 Å². The number of hydrogen-bond donors (Lipinski definition) is 4. The molecule has 0 amide bonds. The molecule has 2 unspecified atom stereocenters. The van der Waals surface area contributed by atoms with Crippen molar-refractivity contribution < 1.29 is 48.7 Å². The van der Waals surface area contributed by atoms with E-state index in [-0.39, 0.29) is 6.10 Å². The zero-order valence-corrected chi connectivity index (χ0v) is 22.8. The number of ether oxygens (including phenoxy) is 3. The van der Waals surface area contributed by atoms with E-state index in [1.807, 2.05) is 0 Å². The maximum atomic E-state index is 14.5. The highest BCUT2D eigenvalue weighted by molar-refractivity contribution is 5.86. The van der Waals surface area contributed by atoms with Gasteiger partial charge in [0.25, 0.3) is 0 Å². The Bertz CT molecular complexity index is 1180. The number of aliphatic hydroxyl groups is 3. The molecule has 0 radical (unpaired) electrons. The lowest BCUT2D eigenvalue weighted by Crippen LogP contribution is -2.62. The molecule has 10 nitrogen and oxygen atoms in total. The molecule has 2 aromatic carbocycles. The Balaban J connectivity index is 1.37. The quantitative estimate of drug-likeness (QED) is 0.290. The van der Waals surface area contributed by atoms with Gasteiger partial charge in [0.2, 0.25) is 5.60 Å². The average molecular weight is 569 g/mol. The lowest BCUT2D eigenvalue weighted by atomic mass is 9.85. The molecular weight excluding hydrogens is 530 g/mol. The standard InChI is InChI=1S/C31H37NO9/c33-24-25(34)27(28(36)37)40-29(26(24)35)41-31(19-9-3-1-4-10-19,20-11-5-2-6-12-20)30(38)39-23-17-21-13-14-22(18-23)32(21)15-7-8-16-32/h1-6,9-12,21-27,29,33-35H,7-8,13-18H2/p+1/t21-,22+,23?,24-,25-,26+,27-,29?/m0/s1. The fourth-order valence-corrected chi connectivity index (χ4v) is 7.80. The molecule has 0 aromatic heterocycles. The van der Waals surface area contributed by atoms with E-state index in [0.717, 1.165) is 30.2 Å². The van der Waals surface area contributed by atoms with Crippen LogP contribution in [-0.4, -0.2) is 98.8 Å². The highest BCUT2D eigenvalue weighted by Gasteiger charge is 2.58. The van der Waals surface area contributed by atoms with Gasteiger partial charge in [-0.2, -0.15) is 0 Å². The van der Waals surface area contributed by atoms with Crippen LogP contribution >= 0.6 is 0 Å². The molecule has 2 aromatic rings. The number of aliphatic carboxylic acids is 1. The highest BCUT2D eigenvalue weighted by Crippen LogP contribution is 2.47. The van der Waals surface area contributed by atoms with Gasteiger partial charge in [-0.15, -0.1) is 0 Å². The van der Waals surface area contributed by atoms with E-state index in [1.165, 1.54) is 25.9 Å². The second kappa shape index (κ2) is 11.1. The van der Waals surface area contributed by atoms with Gasteiger partial charge >= 0.3 is 11.9 Å². The molecular formula is C31H38NO9+. The van der Waals surface area contributed by atoms with E-state index in [0.29, 0.717) is 23.2 Å². The van der Waals surface area contributed by atoms with Crippen LogP contribution in [0.25, 0.3) is 0 Å². The number of esters is 1. The monoisotopic (exact) mass is 568 g/mol. The van der Waals surface area contributed by atoms with Crippen molar-refractivity contribution in [3.8, 4) is 0 Å². The number of nitrogens with zero attached hydrogens (tertiary/aromatic N) is 1. The summed E-state index contributed by atoms with van der Waals surface area (Å²) in [6, 6.07) is 18.2. The van der Waals surface area contributed by atoms with Crippen molar-refractivity contribution in [2.45, 2.75) is 93.0 Å². The van der Waals surface area contributed by atoms with Gasteiger partial charge in [0, 0.05) is 38.5 Å². The molecule has 0 saturated carbocycles. The summed E-state index contributed by atoms with van der Waals surface area (Å²) in [6.07, 6.45) is -3.37. The lowest BCUT2D eigenvalue weighted by Gasteiger charge is -2.47. The molecule has 4 saturated heterocycles. The summed E-state index contributed by atoms with van der Waals surface area (Å²) in [7, 11) is 0. The number of benzene rings is 2. The van der Waals surface area contributed by atoms with E-state index in [9.17, 15) is 30.0 Å². The first-order valence-corrected chi connectivity index (χ1v) is 14.5.